The number of amides is 1. The van der Waals surface area contributed by atoms with Crippen molar-refractivity contribution in [2.45, 2.75) is 26.8 Å². The standard InChI is InChI=1S/C17H22N2OS/c1-4-8-18-16-6-5-13(2)10-15(16)17(20)19(3)11-14-7-9-21-12-14/h5-7,9-10,12,18H,4,8,11H2,1-3H3. The third kappa shape index (κ3) is 4.08. The van der Waals surface area contributed by atoms with E-state index in [1.807, 2.05) is 37.6 Å². The summed E-state index contributed by atoms with van der Waals surface area (Å²) in [5.41, 5.74) is 3.95. The number of rotatable bonds is 6. The smallest absolute Gasteiger partial charge is 0.256 e. The van der Waals surface area contributed by atoms with Gasteiger partial charge in [0.2, 0.25) is 0 Å². The van der Waals surface area contributed by atoms with Gasteiger partial charge in [0.1, 0.15) is 0 Å². The molecule has 4 heteroatoms. The van der Waals surface area contributed by atoms with Crippen LogP contribution < -0.4 is 5.32 Å². The second-order valence-corrected chi connectivity index (χ2v) is 6.05. The molecule has 3 nitrogen and oxygen atoms in total. The highest BCUT2D eigenvalue weighted by Gasteiger charge is 2.16. The lowest BCUT2D eigenvalue weighted by Crippen LogP contribution is -2.27. The molecule has 1 N–H and O–H groups in total. The minimum atomic E-state index is 0.0588. The predicted molar refractivity (Wildman–Crippen MR) is 90.1 cm³/mol. The van der Waals surface area contributed by atoms with Crippen LogP contribution in [0.3, 0.4) is 0 Å². The Morgan fingerprint density at radius 3 is 2.81 bits per heavy atom. The maximum absolute atomic E-state index is 12.7. The van der Waals surface area contributed by atoms with Crippen LogP contribution in [-0.2, 0) is 6.54 Å². The molecule has 0 spiro atoms. The largest absolute Gasteiger partial charge is 0.384 e. The number of carbonyl (C=O) groups excluding carboxylic acids is 1. The molecule has 1 amide bonds. The first-order valence-corrected chi connectivity index (χ1v) is 8.17. The van der Waals surface area contributed by atoms with Gasteiger partial charge in [0.05, 0.1) is 5.56 Å². The van der Waals surface area contributed by atoms with E-state index in [1.165, 1.54) is 5.56 Å². The number of nitrogens with zero attached hydrogens (tertiary/aromatic N) is 1. The summed E-state index contributed by atoms with van der Waals surface area (Å²) in [5, 5.41) is 7.46. The molecule has 0 aliphatic rings. The van der Waals surface area contributed by atoms with Crippen molar-refractivity contribution >= 4 is 22.9 Å². The van der Waals surface area contributed by atoms with Gasteiger partial charge in [0, 0.05) is 25.8 Å². The molecule has 0 fully saturated rings. The van der Waals surface area contributed by atoms with Crippen LogP contribution in [0.4, 0.5) is 5.69 Å². The van der Waals surface area contributed by atoms with Crippen molar-refractivity contribution in [3.05, 3.63) is 51.7 Å². The van der Waals surface area contributed by atoms with Gasteiger partial charge in [-0.05, 0) is 47.9 Å². The number of nitrogens with one attached hydrogen (secondary N) is 1. The Bertz CT molecular complexity index is 593. The second-order valence-electron chi connectivity index (χ2n) is 5.27. The molecule has 1 heterocycles. The van der Waals surface area contributed by atoms with E-state index < -0.39 is 0 Å². The van der Waals surface area contributed by atoms with E-state index in [-0.39, 0.29) is 5.91 Å². The molecule has 112 valence electrons. The zero-order valence-electron chi connectivity index (χ0n) is 12.8. The maximum atomic E-state index is 12.7. The molecule has 0 saturated carbocycles. The summed E-state index contributed by atoms with van der Waals surface area (Å²) < 4.78 is 0. The van der Waals surface area contributed by atoms with Crippen molar-refractivity contribution in [2.24, 2.45) is 0 Å². The molecule has 0 saturated heterocycles. The lowest BCUT2D eigenvalue weighted by molar-refractivity contribution is 0.0786. The maximum Gasteiger partial charge on any atom is 0.256 e. The van der Waals surface area contributed by atoms with E-state index >= 15 is 0 Å². The average molecular weight is 302 g/mol. The number of carbonyl (C=O) groups is 1. The minimum absolute atomic E-state index is 0.0588. The van der Waals surface area contributed by atoms with E-state index in [4.69, 9.17) is 0 Å². The summed E-state index contributed by atoms with van der Waals surface area (Å²) in [6.07, 6.45) is 1.03. The fourth-order valence-electron chi connectivity index (χ4n) is 2.18. The molecule has 0 radical (unpaired) electrons. The van der Waals surface area contributed by atoms with Gasteiger partial charge in [-0.15, -0.1) is 0 Å². The fraction of sp³-hybridized carbons (Fsp3) is 0.353. The Balaban J connectivity index is 2.18. The van der Waals surface area contributed by atoms with E-state index in [2.05, 4.69) is 23.7 Å². The topological polar surface area (TPSA) is 32.3 Å². The highest BCUT2D eigenvalue weighted by molar-refractivity contribution is 7.07. The van der Waals surface area contributed by atoms with Gasteiger partial charge in [-0.1, -0.05) is 18.6 Å². The summed E-state index contributed by atoms with van der Waals surface area (Å²) in [5.74, 6) is 0.0588. The van der Waals surface area contributed by atoms with Crippen LogP contribution in [-0.4, -0.2) is 24.4 Å². The summed E-state index contributed by atoms with van der Waals surface area (Å²) in [6.45, 7) is 5.64. The Hall–Kier alpha value is -1.81. The van der Waals surface area contributed by atoms with Gasteiger partial charge in [-0.25, -0.2) is 0 Å². The highest BCUT2D eigenvalue weighted by Crippen LogP contribution is 2.20. The molecule has 0 unspecified atom stereocenters. The van der Waals surface area contributed by atoms with Gasteiger partial charge >= 0.3 is 0 Å². The Morgan fingerprint density at radius 1 is 1.33 bits per heavy atom. The van der Waals surface area contributed by atoms with Gasteiger partial charge < -0.3 is 10.2 Å². The summed E-state index contributed by atoms with van der Waals surface area (Å²) in [6, 6.07) is 8.05. The van der Waals surface area contributed by atoms with Crippen LogP contribution in [0.25, 0.3) is 0 Å². The lowest BCUT2D eigenvalue weighted by Gasteiger charge is -2.19. The third-order valence-corrected chi connectivity index (χ3v) is 4.05. The van der Waals surface area contributed by atoms with Crippen molar-refractivity contribution in [1.29, 1.82) is 0 Å². The minimum Gasteiger partial charge on any atom is -0.384 e. The van der Waals surface area contributed by atoms with Gasteiger partial charge in [-0.2, -0.15) is 11.3 Å². The molecule has 1 aromatic carbocycles. The molecule has 0 atom stereocenters. The zero-order valence-corrected chi connectivity index (χ0v) is 13.7. The number of aryl methyl sites for hydroxylation is 1. The summed E-state index contributed by atoms with van der Waals surface area (Å²) in [7, 11) is 1.85. The Labute approximate surface area is 130 Å². The molecule has 21 heavy (non-hydrogen) atoms. The summed E-state index contributed by atoms with van der Waals surface area (Å²) >= 11 is 1.66. The molecule has 0 bridgehead atoms. The normalized spacial score (nSPS) is 10.4. The van der Waals surface area contributed by atoms with Crippen molar-refractivity contribution in [1.82, 2.24) is 4.90 Å². The number of hydrogen-bond donors (Lipinski definition) is 1. The molecular weight excluding hydrogens is 280 g/mol. The fourth-order valence-corrected chi connectivity index (χ4v) is 2.84. The second kappa shape index (κ2) is 7.27. The average Bonchev–Trinajstić information content (AvgIpc) is 2.98. The first kappa shape index (κ1) is 15.6. The van der Waals surface area contributed by atoms with Crippen LogP contribution in [0.1, 0.15) is 34.8 Å². The predicted octanol–water partition coefficient (Wildman–Crippen LogP) is 4.15. The number of benzene rings is 1. The van der Waals surface area contributed by atoms with Gasteiger partial charge in [-0.3, -0.25) is 4.79 Å². The molecule has 2 rings (SSSR count). The van der Waals surface area contributed by atoms with E-state index in [9.17, 15) is 4.79 Å². The molecular formula is C17H22N2OS. The SMILES string of the molecule is CCCNc1ccc(C)cc1C(=O)N(C)Cc1ccsc1. The molecule has 2 aromatic rings. The molecule has 0 aliphatic carbocycles. The number of hydrogen-bond acceptors (Lipinski definition) is 3. The van der Waals surface area contributed by atoms with Crippen molar-refractivity contribution in [3.8, 4) is 0 Å². The van der Waals surface area contributed by atoms with Crippen LogP contribution in [0, 0.1) is 6.92 Å². The van der Waals surface area contributed by atoms with Crippen LogP contribution in [0.5, 0.6) is 0 Å². The van der Waals surface area contributed by atoms with Crippen molar-refractivity contribution in [3.63, 3.8) is 0 Å². The van der Waals surface area contributed by atoms with Crippen LogP contribution in [0.2, 0.25) is 0 Å². The monoisotopic (exact) mass is 302 g/mol. The van der Waals surface area contributed by atoms with Crippen LogP contribution in [0.15, 0.2) is 35.0 Å². The highest BCUT2D eigenvalue weighted by atomic mass is 32.1. The first-order chi connectivity index (χ1) is 10.1. The Kier molecular flexibility index (Phi) is 5.39. The lowest BCUT2D eigenvalue weighted by atomic mass is 10.1. The third-order valence-electron chi connectivity index (χ3n) is 3.32. The number of thiophene rings is 1. The number of anilines is 1. The quantitative estimate of drug-likeness (QED) is 0.869. The molecule has 1 aromatic heterocycles. The van der Waals surface area contributed by atoms with Crippen molar-refractivity contribution in [2.75, 3.05) is 18.9 Å². The van der Waals surface area contributed by atoms with E-state index in [0.29, 0.717) is 6.54 Å². The summed E-state index contributed by atoms with van der Waals surface area (Å²) in [4.78, 5) is 14.5. The van der Waals surface area contributed by atoms with Gasteiger partial charge in [0.15, 0.2) is 0 Å². The van der Waals surface area contributed by atoms with Crippen LogP contribution >= 0.6 is 11.3 Å². The van der Waals surface area contributed by atoms with E-state index in [1.54, 1.807) is 16.2 Å². The first-order valence-electron chi connectivity index (χ1n) is 7.23. The zero-order chi connectivity index (χ0) is 15.2. The molecule has 0 aliphatic heterocycles. The Morgan fingerprint density at radius 2 is 2.14 bits per heavy atom. The van der Waals surface area contributed by atoms with Crippen molar-refractivity contribution < 1.29 is 4.79 Å². The van der Waals surface area contributed by atoms with E-state index in [0.717, 1.165) is 29.8 Å². The van der Waals surface area contributed by atoms with Gasteiger partial charge in [0.25, 0.3) is 5.91 Å².